The van der Waals surface area contributed by atoms with Crippen LogP contribution in [0.3, 0.4) is 0 Å². The Morgan fingerprint density at radius 2 is 1.68 bits per heavy atom. The fourth-order valence-corrected chi connectivity index (χ4v) is 3.59. The minimum atomic E-state index is -0.266. The number of aromatic nitrogens is 1. The standard InChI is InChI=1S/C22H22ClN3O4S/c1-29-18-9-4-5-10-19(18)30-13-20-26-17(14-31-20)22(28)25-12-6-11-24-21(27)15-7-2-3-8-16(15)23/h2-5,7-10,14H,6,11-13H2,1H3,(H,24,27)(H,25,28). The van der Waals surface area contributed by atoms with Crippen molar-refractivity contribution in [3.63, 3.8) is 0 Å². The Morgan fingerprint density at radius 3 is 2.42 bits per heavy atom. The number of hydrogen-bond donors (Lipinski definition) is 2. The van der Waals surface area contributed by atoms with Crippen LogP contribution in [-0.4, -0.2) is 37.0 Å². The highest BCUT2D eigenvalue weighted by molar-refractivity contribution is 7.09. The second-order valence-corrected chi connectivity index (χ2v) is 7.76. The number of halogens is 1. The maximum Gasteiger partial charge on any atom is 0.270 e. The van der Waals surface area contributed by atoms with E-state index in [1.54, 1.807) is 36.8 Å². The van der Waals surface area contributed by atoms with Gasteiger partial charge in [0.25, 0.3) is 11.8 Å². The fourth-order valence-electron chi connectivity index (χ4n) is 2.68. The number of nitrogens with zero attached hydrogens (tertiary/aromatic N) is 1. The first-order valence-corrected chi connectivity index (χ1v) is 10.9. The number of thiazole rings is 1. The SMILES string of the molecule is COc1ccccc1OCc1nc(C(=O)NCCCNC(=O)c2ccccc2Cl)cs1. The number of para-hydroxylation sites is 2. The van der Waals surface area contributed by atoms with E-state index in [9.17, 15) is 9.59 Å². The Morgan fingerprint density at radius 1 is 1.00 bits per heavy atom. The molecule has 1 heterocycles. The molecule has 0 atom stereocenters. The molecule has 0 radical (unpaired) electrons. The van der Waals surface area contributed by atoms with Crippen molar-refractivity contribution < 1.29 is 19.1 Å². The van der Waals surface area contributed by atoms with Gasteiger partial charge in [0.1, 0.15) is 17.3 Å². The highest BCUT2D eigenvalue weighted by Gasteiger charge is 2.12. The smallest absolute Gasteiger partial charge is 0.270 e. The molecule has 7 nitrogen and oxygen atoms in total. The first kappa shape index (κ1) is 22.6. The molecule has 1 aromatic heterocycles. The second kappa shape index (κ2) is 11.3. The number of ether oxygens (including phenoxy) is 2. The van der Waals surface area contributed by atoms with Gasteiger partial charge in [-0.25, -0.2) is 4.98 Å². The number of methoxy groups -OCH3 is 1. The molecule has 162 valence electrons. The molecule has 9 heteroatoms. The normalized spacial score (nSPS) is 10.4. The highest BCUT2D eigenvalue weighted by atomic mass is 35.5. The molecule has 0 aliphatic rings. The van der Waals surface area contributed by atoms with E-state index in [1.165, 1.54) is 11.3 Å². The number of carbonyl (C=O) groups excluding carboxylic acids is 2. The van der Waals surface area contributed by atoms with E-state index in [4.69, 9.17) is 21.1 Å². The van der Waals surface area contributed by atoms with Gasteiger partial charge in [-0.05, 0) is 30.7 Å². The van der Waals surface area contributed by atoms with Crippen molar-refractivity contribution in [2.75, 3.05) is 20.2 Å². The van der Waals surface area contributed by atoms with Crippen LogP contribution in [0.2, 0.25) is 5.02 Å². The summed E-state index contributed by atoms with van der Waals surface area (Å²) >= 11 is 7.35. The predicted octanol–water partition coefficient (Wildman–Crippen LogP) is 3.93. The monoisotopic (exact) mass is 459 g/mol. The van der Waals surface area contributed by atoms with Crippen molar-refractivity contribution in [3.05, 3.63) is 75.2 Å². The first-order chi connectivity index (χ1) is 15.1. The first-order valence-electron chi connectivity index (χ1n) is 9.59. The van der Waals surface area contributed by atoms with E-state index < -0.39 is 0 Å². The summed E-state index contributed by atoms with van der Waals surface area (Å²) in [6.07, 6.45) is 0.579. The van der Waals surface area contributed by atoms with Gasteiger partial charge in [0.2, 0.25) is 0 Å². The fraction of sp³-hybridized carbons (Fsp3) is 0.227. The average molecular weight is 460 g/mol. The third-order valence-corrected chi connectivity index (χ3v) is 5.40. The van der Waals surface area contributed by atoms with Gasteiger partial charge in [-0.2, -0.15) is 0 Å². The van der Waals surface area contributed by atoms with E-state index in [0.717, 1.165) is 0 Å². The molecule has 0 aliphatic carbocycles. The Bertz CT molecular complexity index is 1040. The van der Waals surface area contributed by atoms with Gasteiger partial charge in [-0.3, -0.25) is 9.59 Å². The van der Waals surface area contributed by atoms with Gasteiger partial charge < -0.3 is 20.1 Å². The topological polar surface area (TPSA) is 89.6 Å². The van der Waals surface area contributed by atoms with Gasteiger partial charge in [0.05, 0.1) is 17.7 Å². The van der Waals surface area contributed by atoms with Crippen LogP contribution in [0.15, 0.2) is 53.9 Å². The molecular formula is C22H22ClN3O4S. The second-order valence-electron chi connectivity index (χ2n) is 6.41. The molecule has 0 aliphatic heterocycles. The molecule has 3 rings (SSSR count). The Balaban J connectivity index is 1.39. The molecule has 31 heavy (non-hydrogen) atoms. The zero-order valence-corrected chi connectivity index (χ0v) is 18.5. The molecule has 0 saturated heterocycles. The Labute approximate surface area is 189 Å². The molecule has 0 spiro atoms. The van der Waals surface area contributed by atoms with Crippen molar-refractivity contribution in [2.45, 2.75) is 13.0 Å². The van der Waals surface area contributed by atoms with Gasteiger partial charge >= 0.3 is 0 Å². The predicted molar refractivity (Wildman–Crippen MR) is 120 cm³/mol. The number of nitrogens with one attached hydrogen (secondary N) is 2. The van der Waals surface area contributed by atoms with Gasteiger partial charge in [-0.1, -0.05) is 35.9 Å². The minimum Gasteiger partial charge on any atom is -0.493 e. The number of rotatable bonds is 10. The summed E-state index contributed by atoms with van der Waals surface area (Å²) in [4.78, 5) is 28.7. The van der Waals surface area contributed by atoms with Crippen LogP contribution < -0.4 is 20.1 Å². The number of amides is 2. The Hall–Kier alpha value is -3.10. The van der Waals surface area contributed by atoms with Crippen LogP contribution in [-0.2, 0) is 6.61 Å². The largest absolute Gasteiger partial charge is 0.493 e. The maximum atomic E-state index is 12.3. The van der Waals surface area contributed by atoms with Crippen LogP contribution in [0, 0.1) is 0 Å². The van der Waals surface area contributed by atoms with Crippen molar-refractivity contribution >= 4 is 34.8 Å². The lowest BCUT2D eigenvalue weighted by molar-refractivity contribution is 0.0948. The summed E-state index contributed by atoms with van der Waals surface area (Å²) in [6, 6.07) is 14.2. The van der Waals surface area contributed by atoms with E-state index in [-0.39, 0.29) is 18.4 Å². The van der Waals surface area contributed by atoms with Crippen molar-refractivity contribution in [1.29, 1.82) is 0 Å². The molecule has 2 amide bonds. The highest BCUT2D eigenvalue weighted by Crippen LogP contribution is 2.27. The Kier molecular flexibility index (Phi) is 8.26. The van der Waals surface area contributed by atoms with Crippen LogP contribution in [0.1, 0.15) is 32.3 Å². The quantitative estimate of drug-likeness (QED) is 0.448. The summed E-state index contributed by atoms with van der Waals surface area (Å²) in [7, 11) is 1.58. The maximum absolute atomic E-state index is 12.3. The number of hydrogen-bond acceptors (Lipinski definition) is 6. The average Bonchev–Trinajstić information content (AvgIpc) is 3.27. The number of benzene rings is 2. The van der Waals surface area contributed by atoms with Crippen molar-refractivity contribution in [3.8, 4) is 11.5 Å². The minimum absolute atomic E-state index is 0.240. The zero-order chi connectivity index (χ0) is 22.1. The van der Waals surface area contributed by atoms with Gasteiger partial charge in [0, 0.05) is 18.5 Å². The summed E-state index contributed by atoms with van der Waals surface area (Å²) in [6.45, 7) is 1.07. The summed E-state index contributed by atoms with van der Waals surface area (Å²) in [5, 5.41) is 8.36. The molecule has 3 aromatic rings. The van der Waals surface area contributed by atoms with Crippen LogP contribution in [0.5, 0.6) is 11.5 Å². The molecule has 0 unspecified atom stereocenters. The van der Waals surface area contributed by atoms with Crippen LogP contribution in [0.25, 0.3) is 0 Å². The molecule has 0 saturated carbocycles. The molecular weight excluding hydrogens is 438 g/mol. The lowest BCUT2D eigenvalue weighted by Crippen LogP contribution is -2.30. The van der Waals surface area contributed by atoms with Crippen LogP contribution in [0.4, 0.5) is 0 Å². The van der Waals surface area contributed by atoms with Gasteiger partial charge in [-0.15, -0.1) is 11.3 Å². The summed E-state index contributed by atoms with van der Waals surface area (Å²) < 4.78 is 11.0. The van der Waals surface area contributed by atoms with E-state index in [2.05, 4.69) is 15.6 Å². The summed E-state index contributed by atoms with van der Waals surface area (Å²) in [5.41, 5.74) is 0.766. The van der Waals surface area contributed by atoms with E-state index >= 15 is 0 Å². The molecule has 2 N–H and O–H groups in total. The van der Waals surface area contributed by atoms with Crippen molar-refractivity contribution in [2.24, 2.45) is 0 Å². The molecule has 0 bridgehead atoms. The van der Waals surface area contributed by atoms with Crippen LogP contribution >= 0.6 is 22.9 Å². The van der Waals surface area contributed by atoms with E-state index in [1.807, 2.05) is 24.3 Å². The number of carbonyl (C=O) groups is 2. The van der Waals surface area contributed by atoms with E-state index in [0.29, 0.717) is 52.3 Å². The lowest BCUT2D eigenvalue weighted by Gasteiger charge is -2.08. The molecule has 0 fully saturated rings. The zero-order valence-electron chi connectivity index (χ0n) is 16.9. The third-order valence-electron chi connectivity index (χ3n) is 4.25. The summed E-state index contributed by atoms with van der Waals surface area (Å²) in [5.74, 6) is 0.747. The third kappa shape index (κ3) is 6.44. The molecule has 2 aromatic carbocycles. The lowest BCUT2D eigenvalue weighted by atomic mass is 10.2. The van der Waals surface area contributed by atoms with Crippen molar-refractivity contribution in [1.82, 2.24) is 15.6 Å². The van der Waals surface area contributed by atoms with Gasteiger partial charge in [0.15, 0.2) is 11.5 Å².